The van der Waals surface area contributed by atoms with E-state index in [1.165, 1.54) is 22.5 Å². The first-order chi connectivity index (χ1) is 12.0. The largest absolute Gasteiger partial charge is 0.469 e. The molecule has 2 aromatic heterocycles. The Bertz CT molecular complexity index is 789. The standard InChI is InChI=1S/C19H23NO4S/c1-4-11(2)24-19(22)16-14-7-5-6-8-15(14)25-18(16)20-17(21)13-9-10-23-12(13)3/h9-11H,4-8H2,1-3H3,(H,20,21)/t11-/m0/s1. The van der Waals surface area contributed by atoms with Gasteiger partial charge in [0.2, 0.25) is 0 Å². The molecule has 0 aromatic carbocycles. The second-order valence-electron chi connectivity index (χ2n) is 6.38. The highest BCUT2D eigenvalue weighted by molar-refractivity contribution is 7.17. The number of anilines is 1. The molecule has 3 rings (SSSR count). The summed E-state index contributed by atoms with van der Waals surface area (Å²) in [5.74, 6) is -0.0436. The Morgan fingerprint density at radius 1 is 1.36 bits per heavy atom. The van der Waals surface area contributed by atoms with Crippen LogP contribution in [-0.4, -0.2) is 18.0 Å². The third kappa shape index (κ3) is 3.63. The second kappa shape index (κ2) is 7.44. The van der Waals surface area contributed by atoms with E-state index in [2.05, 4.69) is 5.32 Å². The van der Waals surface area contributed by atoms with Crippen LogP contribution >= 0.6 is 11.3 Å². The number of furan rings is 1. The molecular weight excluding hydrogens is 338 g/mol. The van der Waals surface area contributed by atoms with Gasteiger partial charge in [0.05, 0.1) is 23.5 Å². The lowest BCUT2D eigenvalue weighted by molar-refractivity contribution is 0.0335. The predicted octanol–water partition coefficient (Wildman–Crippen LogP) is 4.74. The highest BCUT2D eigenvalue weighted by Crippen LogP contribution is 2.39. The molecule has 0 unspecified atom stereocenters. The summed E-state index contributed by atoms with van der Waals surface area (Å²) in [6.45, 7) is 5.60. The summed E-state index contributed by atoms with van der Waals surface area (Å²) in [4.78, 5) is 26.4. The van der Waals surface area contributed by atoms with Gasteiger partial charge in [-0.05, 0) is 57.6 Å². The molecule has 1 aliphatic rings. The van der Waals surface area contributed by atoms with Crippen LogP contribution in [0, 0.1) is 6.92 Å². The van der Waals surface area contributed by atoms with Gasteiger partial charge in [-0.15, -0.1) is 11.3 Å². The molecule has 0 spiro atoms. The van der Waals surface area contributed by atoms with E-state index in [-0.39, 0.29) is 18.0 Å². The maximum Gasteiger partial charge on any atom is 0.341 e. The molecule has 1 aliphatic carbocycles. The SMILES string of the molecule is CC[C@H](C)OC(=O)c1c(NC(=O)c2ccoc2C)sc2c1CCCC2. The van der Waals surface area contributed by atoms with Crippen LogP contribution in [-0.2, 0) is 17.6 Å². The lowest BCUT2D eigenvalue weighted by Gasteiger charge is -2.15. The lowest BCUT2D eigenvalue weighted by atomic mass is 9.95. The maximum absolute atomic E-state index is 12.7. The molecule has 2 aromatic rings. The van der Waals surface area contributed by atoms with Crippen molar-refractivity contribution in [3.63, 3.8) is 0 Å². The molecule has 2 heterocycles. The number of hydrogen-bond donors (Lipinski definition) is 1. The fourth-order valence-electron chi connectivity index (χ4n) is 2.99. The average molecular weight is 361 g/mol. The molecule has 1 amide bonds. The number of thiophene rings is 1. The van der Waals surface area contributed by atoms with Crippen LogP contribution in [0.5, 0.6) is 0 Å². The Kier molecular flexibility index (Phi) is 5.27. The molecule has 0 fully saturated rings. The highest BCUT2D eigenvalue weighted by Gasteiger charge is 2.28. The molecule has 0 aliphatic heterocycles. The van der Waals surface area contributed by atoms with E-state index < -0.39 is 0 Å². The molecule has 1 atom stereocenters. The number of ether oxygens (including phenoxy) is 1. The third-order valence-corrected chi connectivity index (χ3v) is 5.80. The molecular formula is C19H23NO4S. The fraction of sp³-hybridized carbons (Fsp3) is 0.474. The zero-order valence-electron chi connectivity index (χ0n) is 14.8. The molecule has 134 valence electrons. The van der Waals surface area contributed by atoms with E-state index in [1.807, 2.05) is 13.8 Å². The van der Waals surface area contributed by atoms with Crippen LogP contribution in [0.1, 0.15) is 70.0 Å². The third-order valence-electron chi connectivity index (χ3n) is 4.59. The van der Waals surface area contributed by atoms with Crippen molar-refractivity contribution in [2.75, 3.05) is 5.32 Å². The van der Waals surface area contributed by atoms with Gasteiger partial charge >= 0.3 is 5.97 Å². The topological polar surface area (TPSA) is 68.5 Å². The fourth-order valence-corrected chi connectivity index (χ4v) is 4.26. The van der Waals surface area contributed by atoms with E-state index in [1.54, 1.807) is 13.0 Å². The van der Waals surface area contributed by atoms with Gasteiger partial charge in [0.1, 0.15) is 10.8 Å². The van der Waals surface area contributed by atoms with Crippen LogP contribution in [0.3, 0.4) is 0 Å². The quantitative estimate of drug-likeness (QED) is 0.781. The van der Waals surface area contributed by atoms with Crippen molar-refractivity contribution in [3.05, 3.63) is 39.7 Å². The number of esters is 1. The van der Waals surface area contributed by atoms with Crippen LogP contribution in [0.25, 0.3) is 0 Å². The Labute approximate surface area is 151 Å². The Hall–Kier alpha value is -2.08. The van der Waals surface area contributed by atoms with Crippen molar-refractivity contribution in [3.8, 4) is 0 Å². The van der Waals surface area contributed by atoms with Gasteiger partial charge in [-0.25, -0.2) is 4.79 Å². The summed E-state index contributed by atoms with van der Waals surface area (Å²) in [6.07, 6.45) is 6.08. The van der Waals surface area contributed by atoms with Gasteiger partial charge in [0.25, 0.3) is 5.91 Å². The zero-order valence-corrected chi connectivity index (χ0v) is 15.6. The number of carbonyl (C=O) groups is 2. The number of fused-ring (bicyclic) bond motifs is 1. The van der Waals surface area contributed by atoms with Gasteiger partial charge < -0.3 is 14.5 Å². The average Bonchev–Trinajstić information content (AvgIpc) is 3.17. The number of carbonyl (C=O) groups excluding carboxylic acids is 2. The van der Waals surface area contributed by atoms with Crippen molar-refractivity contribution in [2.24, 2.45) is 0 Å². The Balaban J connectivity index is 1.92. The van der Waals surface area contributed by atoms with Crippen LogP contribution in [0.4, 0.5) is 5.00 Å². The van der Waals surface area contributed by atoms with E-state index >= 15 is 0 Å². The summed E-state index contributed by atoms with van der Waals surface area (Å²) >= 11 is 1.49. The molecule has 6 heteroatoms. The normalized spacial score (nSPS) is 14.7. The number of hydrogen-bond acceptors (Lipinski definition) is 5. The summed E-state index contributed by atoms with van der Waals surface area (Å²) in [7, 11) is 0. The summed E-state index contributed by atoms with van der Waals surface area (Å²) < 4.78 is 10.7. The van der Waals surface area contributed by atoms with Gasteiger partial charge in [0.15, 0.2) is 0 Å². The van der Waals surface area contributed by atoms with E-state index in [0.717, 1.165) is 37.7 Å². The summed E-state index contributed by atoms with van der Waals surface area (Å²) in [6, 6.07) is 1.63. The van der Waals surface area contributed by atoms with Crippen molar-refractivity contribution in [2.45, 2.75) is 59.0 Å². The summed E-state index contributed by atoms with van der Waals surface area (Å²) in [5, 5.41) is 3.49. The van der Waals surface area contributed by atoms with Gasteiger partial charge in [-0.1, -0.05) is 6.92 Å². The highest BCUT2D eigenvalue weighted by atomic mass is 32.1. The van der Waals surface area contributed by atoms with E-state index in [9.17, 15) is 9.59 Å². The smallest absolute Gasteiger partial charge is 0.341 e. The van der Waals surface area contributed by atoms with Crippen molar-refractivity contribution in [1.29, 1.82) is 0 Å². The van der Waals surface area contributed by atoms with Crippen LogP contribution in [0.15, 0.2) is 16.7 Å². The molecule has 0 saturated carbocycles. The minimum atomic E-state index is -0.340. The van der Waals surface area contributed by atoms with Gasteiger partial charge in [0, 0.05) is 4.88 Å². The molecule has 0 bridgehead atoms. The Morgan fingerprint density at radius 3 is 2.80 bits per heavy atom. The van der Waals surface area contributed by atoms with Crippen LogP contribution in [0.2, 0.25) is 0 Å². The molecule has 25 heavy (non-hydrogen) atoms. The second-order valence-corrected chi connectivity index (χ2v) is 7.49. The minimum Gasteiger partial charge on any atom is -0.469 e. The monoisotopic (exact) mass is 361 g/mol. The number of nitrogens with one attached hydrogen (secondary N) is 1. The number of amides is 1. The first-order valence-corrected chi connectivity index (χ1v) is 9.53. The Morgan fingerprint density at radius 2 is 2.12 bits per heavy atom. The van der Waals surface area contributed by atoms with E-state index in [0.29, 0.717) is 21.9 Å². The minimum absolute atomic E-state index is 0.147. The summed E-state index contributed by atoms with van der Waals surface area (Å²) in [5.41, 5.74) is 2.06. The first-order valence-electron chi connectivity index (χ1n) is 8.72. The number of aryl methyl sites for hydroxylation is 2. The lowest BCUT2D eigenvalue weighted by Crippen LogP contribution is -2.19. The first kappa shape index (κ1) is 17.7. The molecule has 1 N–H and O–H groups in total. The maximum atomic E-state index is 12.7. The molecule has 0 radical (unpaired) electrons. The van der Waals surface area contributed by atoms with Gasteiger partial charge in [-0.3, -0.25) is 4.79 Å². The van der Waals surface area contributed by atoms with Gasteiger partial charge in [-0.2, -0.15) is 0 Å². The van der Waals surface area contributed by atoms with E-state index in [4.69, 9.17) is 9.15 Å². The van der Waals surface area contributed by atoms with Crippen molar-refractivity contribution < 1.29 is 18.7 Å². The van der Waals surface area contributed by atoms with Crippen LogP contribution < -0.4 is 5.32 Å². The predicted molar refractivity (Wildman–Crippen MR) is 97.5 cm³/mol. The molecule has 0 saturated heterocycles. The van der Waals surface area contributed by atoms with Crippen molar-refractivity contribution >= 4 is 28.2 Å². The number of rotatable bonds is 5. The zero-order chi connectivity index (χ0) is 18.0. The molecule has 5 nitrogen and oxygen atoms in total. The van der Waals surface area contributed by atoms with Crippen molar-refractivity contribution in [1.82, 2.24) is 0 Å².